The summed E-state index contributed by atoms with van der Waals surface area (Å²) in [7, 11) is 0. The summed E-state index contributed by atoms with van der Waals surface area (Å²) in [5.74, 6) is 1.18. The third kappa shape index (κ3) is 4.07. The third-order valence-corrected chi connectivity index (χ3v) is 3.37. The second kappa shape index (κ2) is 6.85. The molecule has 1 aromatic heterocycles. The number of aromatic nitrogens is 2. The quantitative estimate of drug-likeness (QED) is 0.842. The molecule has 5 heteroatoms. The average Bonchev–Trinajstić information content (AvgIpc) is 2.81. The summed E-state index contributed by atoms with van der Waals surface area (Å²) < 4.78 is 11.1. The van der Waals surface area contributed by atoms with Gasteiger partial charge in [0.1, 0.15) is 6.61 Å². The van der Waals surface area contributed by atoms with Gasteiger partial charge in [-0.1, -0.05) is 6.92 Å². The lowest BCUT2D eigenvalue weighted by Crippen LogP contribution is -2.35. The van der Waals surface area contributed by atoms with E-state index in [1.807, 2.05) is 0 Å². The summed E-state index contributed by atoms with van der Waals surface area (Å²) >= 11 is 0. The minimum Gasteiger partial charge on any atom is -0.423 e. The number of nitrogens with zero attached hydrogens (tertiary/aromatic N) is 2. The number of aryl methyl sites for hydroxylation is 1. The zero-order chi connectivity index (χ0) is 12.8. The molecule has 0 unspecified atom stereocenters. The molecule has 1 fully saturated rings. The minimum absolute atomic E-state index is 0.344. The molecule has 2 rings (SSSR count). The molecule has 1 saturated carbocycles. The van der Waals surface area contributed by atoms with Crippen molar-refractivity contribution >= 4 is 0 Å². The van der Waals surface area contributed by atoms with Crippen LogP contribution in [0.15, 0.2) is 4.42 Å². The van der Waals surface area contributed by atoms with Crippen molar-refractivity contribution in [1.82, 2.24) is 15.5 Å². The first kappa shape index (κ1) is 13.5. The number of hydrogen-bond donors (Lipinski definition) is 1. The molecule has 0 saturated heterocycles. The van der Waals surface area contributed by atoms with E-state index in [-0.39, 0.29) is 0 Å². The van der Waals surface area contributed by atoms with E-state index in [1.165, 1.54) is 19.3 Å². The van der Waals surface area contributed by atoms with Gasteiger partial charge in [0, 0.05) is 13.0 Å². The average molecular weight is 253 g/mol. The van der Waals surface area contributed by atoms with E-state index in [1.54, 1.807) is 6.92 Å². The summed E-state index contributed by atoms with van der Waals surface area (Å²) in [4.78, 5) is 0. The molecule has 1 aliphatic carbocycles. The predicted octanol–water partition coefficient (Wildman–Crippen LogP) is 2.21. The van der Waals surface area contributed by atoms with E-state index >= 15 is 0 Å². The Hall–Kier alpha value is -0.940. The lowest BCUT2D eigenvalue weighted by molar-refractivity contribution is 0.00142. The molecule has 0 amide bonds. The Morgan fingerprint density at radius 3 is 2.67 bits per heavy atom. The maximum atomic E-state index is 5.81. The summed E-state index contributed by atoms with van der Waals surface area (Å²) in [5.41, 5.74) is 0. The van der Waals surface area contributed by atoms with Gasteiger partial charge < -0.3 is 14.5 Å². The molecule has 1 heterocycles. The number of ether oxygens (including phenoxy) is 1. The highest BCUT2D eigenvalue weighted by atomic mass is 16.5. The molecule has 1 aliphatic rings. The molecule has 5 nitrogen and oxygen atoms in total. The van der Waals surface area contributed by atoms with Gasteiger partial charge in [0.2, 0.25) is 11.8 Å². The molecule has 18 heavy (non-hydrogen) atoms. The summed E-state index contributed by atoms with van der Waals surface area (Å²) in [6.45, 7) is 5.56. The molecule has 1 aromatic rings. The monoisotopic (exact) mass is 253 g/mol. The van der Waals surface area contributed by atoms with Gasteiger partial charge >= 0.3 is 0 Å². The van der Waals surface area contributed by atoms with E-state index in [4.69, 9.17) is 9.15 Å². The van der Waals surface area contributed by atoms with Gasteiger partial charge in [-0.3, -0.25) is 0 Å². The predicted molar refractivity (Wildman–Crippen MR) is 68.2 cm³/mol. The van der Waals surface area contributed by atoms with Crippen molar-refractivity contribution in [2.24, 2.45) is 0 Å². The molecular formula is C13H23N3O2. The van der Waals surface area contributed by atoms with E-state index in [0.717, 1.165) is 19.4 Å². The molecule has 0 atom stereocenters. The highest BCUT2D eigenvalue weighted by Crippen LogP contribution is 2.22. The van der Waals surface area contributed by atoms with Gasteiger partial charge in [0.05, 0.1) is 6.10 Å². The van der Waals surface area contributed by atoms with Crippen LogP contribution in [0.25, 0.3) is 0 Å². The van der Waals surface area contributed by atoms with Crippen molar-refractivity contribution in [2.75, 3.05) is 6.54 Å². The second-order valence-electron chi connectivity index (χ2n) is 4.95. The van der Waals surface area contributed by atoms with Crippen molar-refractivity contribution in [2.45, 2.75) is 64.7 Å². The number of hydrogen-bond acceptors (Lipinski definition) is 5. The molecule has 102 valence electrons. The van der Waals surface area contributed by atoms with Crippen LogP contribution in [0.1, 0.15) is 50.8 Å². The van der Waals surface area contributed by atoms with Gasteiger partial charge in [0.25, 0.3) is 0 Å². The Balaban J connectivity index is 1.64. The van der Waals surface area contributed by atoms with Crippen molar-refractivity contribution < 1.29 is 9.15 Å². The lowest BCUT2D eigenvalue weighted by Gasteiger charge is -2.28. The van der Waals surface area contributed by atoms with E-state index in [2.05, 4.69) is 22.4 Å². The smallest absolute Gasteiger partial charge is 0.242 e. The standard InChI is InChI=1S/C13H23N3O2/c1-3-8-14-11-4-6-12(7-5-11)17-9-13-16-15-10(2)18-13/h11-12,14H,3-9H2,1-2H3. The summed E-state index contributed by atoms with van der Waals surface area (Å²) in [6, 6.07) is 0.676. The zero-order valence-electron chi connectivity index (χ0n) is 11.3. The van der Waals surface area contributed by atoms with Crippen molar-refractivity contribution in [1.29, 1.82) is 0 Å². The Morgan fingerprint density at radius 2 is 2.06 bits per heavy atom. The van der Waals surface area contributed by atoms with E-state index in [9.17, 15) is 0 Å². The van der Waals surface area contributed by atoms with Crippen LogP contribution in [-0.4, -0.2) is 28.9 Å². The third-order valence-electron chi connectivity index (χ3n) is 3.37. The minimum atomic E-state index is 0.344. The van der Waals surface area contributed by atoms with E-state index < -0.39 is 0 Å². The fourth-order valence-corrected chi connectivity index (χ4v) is 2.37. The fraction of sp³-hybridized carbons (Fsp3) is 0.846. The molecule has 0 radical (unpaired) electrons. The topological polar surface area (TPSA) is 60.2 Å². The maximum absolute atomic E-state index is 5.81. The van der Waals surface area contributed by atoms with Gasteiger partial charge in [-0.15, -0.1) is 10.2 Å². The first-order valence-corrected chi connectivity index (χ1v) is 6.92. The maximum Gasteiger partial charge on any atom is 0.242 e. The van der Waals surface area contributed by atoms with Crippen LogP contribution < -0.4 is 5.32 Å². The number of nitrogens with one attached hydrogen (secondary N) is 1. The van der Waals surface area contributed by atoms with Gasteiger partial charge in [-0.05, 0) is 38.6 Å². The Morgan fingerprint density at radius 1 is 1.28 bits per heavy atom. The Labute approximate surface area is 108 Å². The second-order valence-corrected chi connectivity index (χ2v) is 4.95. The first-order valence-electron chi connectivity index (χ1n) is 6.92. The lowest BCUT2D eigenvalue weighted by atomic mass is 9.93. The van der Waals surface area contributed by atoms with Crippen LogP contribution in [0.2, 0.25) is 0 Å². The fourth-order valence-electron chi connectivity index (χ4n) is 2.37. The van der Waals surface area contributed by atoms with Gasteiger partial charge in [-0.2, -0.15) is 0 Å². The molecule has 1 N–H and O–H groups in total. The Bertz CT molecular complexity index is 346. The molecule has 0 aliphatic heterocycles. The van der Waals surface area contributed by atoms with Crippen LogP contribution in [-0.2, 0) is 11.3 Å². The SMILES string of the molecule is CCCNC1CCC(OCc2nnc(C)o2)CC1. The van der Waals surface area contributed by atoms with Crippen LogP contribution in [0.4, 0.5) is 0 Å². The van der Waals surface area contributed by atoms with Crippen molar-refractivity contribution in [3.05, 3.63) is 11.8 Å². The van der Waals surface area contributed by atoms with E-state index in [0.29, 0.717) is 30.5 Å². The summed E-state index contributed by atoms with van der Waals surface area (Å²) in [6.07, 6.45) is 6.19. The van der Waals surface area contributed by atoms with Crippen molar-refractivity contribution in [3.63, 3.8) is 0 Å². The van der Waals surface area contributed by atoms with Crippen LogP contribution >= 0.6 is 0 Å². The highest BCUT2D eigenvalue weighted by Gasteiger charge is 2.21. The summed E-state index contributed by atoms with van der Waals surface area (Å²) in [5, 5.41) is 11.3. The zero-order valence-corrected chi connectivity index (χ0v) is 11.3. The largest absolute Gasteiger partial charge is 0.423 e. The first-order chi connectivity index (χ1) is 8.78. The van der Waals surface area contributed by atoms with Gasteiger partial charge in [0.15, 0.2) is 0 Å². The normalized spacial score (nSPS) is 24.3. The molecule has 0 aromatic carbocycles. The highest BCUT2D eigenvalue weighted by molar-refractivity contribution is 4.79. The van der Waals surface area contributed by atoms with Crippen LogP contribution in [0, 0.1) is 6.92 Å². The Kier molecular flexibility index (Phi) is 5.13. The molecule has 0 spiro atoms. The van der Waals surface area contributed by atoms with Gasteiger partial charge in [-0.25, -0.2) is 0 Å². The van der Waals surface area contributed by atoms with Crippen LogP contribution in [0.3, 0.4) is 0 Å². The molecule has 0 bridgehead atoms. The van der Waals surface area contributed by atoms with Crippen molar-refractivity contribution in [3.8, 4) is 0 Å². The molecular weight excluding hydrogens is 230 g/mol. The van der Waals surface area contributed by atoms with Crippen LogP contribution in [0.5, 0.6) is 0 Å². The number of rotatable bonds is 6.